The maximum Gasteiger partial charge on any atom is 2.00 e. The van der Waals surface area contributed by atoms with Crippen molar-refractivity contribution in [1.29, 1.82) is 0 Å². The van der Waals surface area contributed by atoms with Crippen molar-refractivity contribution in [1.82, 2.24) is 0 Å². The van der Waals surface area contributed by atoms with Gasteiger partial charge in [-0.2, -0.15) is 6.42 Å². The van der Waals surface area contributed by atoms with Gasteiger partial charge in [0.15, 0.2) is 5.97 Å². The number of allylic oxidation sites excluding steroid dienone is 2. The summed E-state index contributed by atoms with van der Waals surface area (Å²) in [5, 5.41) is 0. The van der Waals surface area contributed by atoms with Crippen LogP contribution in [-0.4, -0.2) is 13.1 Å². The van der Waals surface area contributed by atoms with E-state index < -0.39 is 0 Å². The topological polar surface area (TPSA) is 86.0 Å². The fraction of sp³-hybridized carbons (Fsp3) is 0.273. The zero-order valence-electron chi connectivity index (χ0n) is 9.25. The minimum Gasteiger partial charge on any atom is -0.491 e. The molecule has 5 nitrogen and oxygen atoms in total. The summed E-state index contributed by atoms with van der Waals surface area (Å²) in [5.41, 5.74) is 0. The van der Waals surface area contributed by atoms with Crippen LogP contribution in [0.4, 0.5) is 0 Å². The van der Waals surface area contributed by atoms with E-state index in [-0.39, 0.29) is 23.0 Å². The molecule has 0 amide bonds. The molecule has 6 heteroatoms. The Morgan fingerprint density at radius 3 is 2.00 bits per heavy atom. The van der Waals surface area contributed by atoms with Crippen molar-refractivity contribution in [3.63, 3.8) is 0 Å². The molecule has 0 rings (SSSR count). The van der Waals surface area contributed by atoms with E-state index in [0.717, 1.165) is 12.8 Å². The standard InChI is InChI=1S/C8H12O2.3CO.Fe/c1-3-4-5-6-7-8(9)10-2;3*1-2;/h3-4,7H,1,5-6H2,2H3;;;;/q-2;;;;+2/b4-3-;;;;. The van der Waals surface area contributed by atoms with E-state index in [2.05, 4.69) is 31.6 Å². The molecule has 0 aliphatic heterocycles. The minimum absolute atomic E-state index is 0. The van der Waals surface area contributed by atoms with Crippen LogP contribution in [0, 0.1) is 33.3 Å². The van der Waals surface area contributed by atoms with Crippen LogP contribution in [0.2, 0.25) is 0 Å². The van der Waals surface area contributed by atoms with Crippen molar-refractivity contribution in [2.75, 3.05) is 7.11 Å². The summed E-state index contributed by atoms with van der Waals surface area (Å²) in [6.07, 6.45) is 6.70. The summed E-state index contributed by atoms with van der Waals surface area (Å²) in [4.78, 5) is 10.5. The molecule has 0 saturated carbocycles. The molecule has 0 aliphatic carbocycles. The Kier molecular flexibility index (Phi) is 81.1. The number of methoxy groups -OCH3 is 1. The average Bonchev–Trinajstić information content (AvgIpc) is 2.41. The van der Waals surface area contributed by atoms with Crippen LogP contribution in [0.15, 0.2) is 12.2 Å². The molecule has 0 fully saturated rings. The third-order valence-electron chi connectivity index (χ3n) is 1.01. The van der Waals surface area contributed by atoms with Gasteiger partial charge in [-0.3, -0.25) is 11.2 Å². The zero-order chi connectivity index (χ0) is 13.8. The Balaban J connectivity index is -0.0000000594. The van der Waals surface area contributed by atoms with Crippen molar-refractivity contribution < 1.29 is 40.6 Å². The minimum atomic E-state index is -0.266. The maximum absolute atomic E-state index is 10.5. The van der Waals surface area contributed by atoms with Gasteiger partial charge < -0.3 is 4.74 Å². The Morgan fingerprint density at radius 2 is 1.71 bits per heavy atom. The van der Waals surface area contributed by atoms with Gasteiger partial charge >= 0.3 is 51.0 Å². The predicted molar refractivity (Wildman–Crippen MR) is 51.8 cm³/mol. The van der Waals surface area contributed by atoms with E-state index in [1.807, 2.05) is 6.08 Å². The van der Waals surface area contributed by atoms with Gasteiger partial charge in [0.25, 0.3) is 0 Å². The SMILES string of the molecule is [C-]#[O+].[C-]#[O+].[C-]#[O+].[CH2-]/C=C\CC[CH-]C(=O)OC.[Fe+2]. The summed E-state index contributed by atoms with van der Waals surface area (Å²) in [6, 6.07) is 0. The first-order chi connectivity index (χ1) is 7.81. The van der Waals surface area contributed by atoms with Crippen LogP contribution < -0.4 is 0 Å². The van der Waals surface area contributed by atoms with Crippen LogP contribution in [0.3, 0.4) is 0 Å². The van der Waals surface area contributed by atoms with E-state index >= 15 is 0 Å². The Labute approximate surface area is 112 Å². The fourth-order valence-electron chi connectivity index (χ4n) is 0.499. The Hall–Kier alpha value is -1.31. The molecule has 0 saturated heterocycles. The van der Waals surface area contributed by atoms with Gasteiger partial charge in [-0.15, -0.1) is 6.42 Å². The Bertz CT molecular complexity index is 203. The normalized spacial score (nSPS) is 6.06. The number of carbonyl (C=O) groups is 1. The van der Waals surface area contributed by atoms with Gasteiger partial charge in [-0.25, -0.2) is 19.1 Å². The molecule has 0 aromatic rings. The molecule has 0 aliphatic rings. The number of hydrogen-bond donors (Lipinski definition) is 0. The molecule has 94 valence electrons. The van der Waals surface area contributed by atoms with Crippen LogP contribution >= 0.6 is 0 Å². The van der Waals surface area contributed by atoms with E-state index in [1.165, 1.54) is 13.5 Å². The molecule has 0 radical (unpaired) electrons. The number of unbranched alkanes of at least 4 members (excludes halogenated alkanes) is 1. The zero-order valence-corrected chi connectivity index (χ0v) is 10.4. The molecule has 0 atom stereocenters. The van der Waals surface area contributed by atoms with E-state index in [0.29, 0.717) is 0 Å². The van der Waals surface area contributed by atoms with Crippen LogP contribution in [-0.2, 0) is 40.6 Å². The van der Waals surface area contributed by atoms with Gasteiger partial charge in [0.2, 0.25) is 0 Å². The number of esters is 1. The van der Waals surface area contributed by atoms with Gasteiger partial charge in [0.1, 0.15) is 0 Å². The number of carbonyl (C=O) groups excluding carboxylic acids is 1. The van der Waals surface area contributed by atoms with Gasteiger partial charge in [-0.1, -0.05) is 0 Å². The van der Waals surface area contributed by atoms with E-state index in [1.54, 1.807) is 6.08 Å². The summed E-state index contributed by atoms with van der Waals surface area (Å²) in [7, 11) is 1.37. The third-order valence-corrected chi connectivity index (χ3v) is 1.01. The van der Waals surface area contributed by atoms with Crippen molar-refractivity contribution in [3.8, 4) is 0 Å². The number of ether oxygens (including phenoxy) is 1. The second-order valence-electron chi connectivity index (χ2n) is 1.78. The smallest absolute Gasteiger partial charge is 0.491 e. The van der Waals surface area contributed by atoms with Crippen molar-refractivity contribution in [3.05, 3.63) is 45.4 Å². The number of rotatable bonds is 4. The molecule has 0 aromatic carbocycles. The fourth-order valence-corrected chi connectivity index (χ4v) is 0.499. The second-order valence-corrected chi connectivity index (χ2v) is 1.78. The monoisotopic (exact) mass is 280 g/mol. The first kappa shape index (κ1) is 29.6. The molecule has 0 unspecified atom stereocenters. The molecular formula is C11H12FeO5. The molecule has 0 bridgehead atoms. The predicted octanol–water partition coefficient (Wildman–Crippen LogP) is 1.42. The summed E-state index contributed by atoms with van der Waals surface area (Å²) >= 11 is 0. The average molecular weight is 280 g/mol. The third kappa shape index (κ3) is 52.9. The van der Waals surface area contributed by atoms with Crippen molar-refractivity contribution in [2.24, 2.45) is 0 Å². The first-order valence-electron chi connectivity index (χ1n) is 3.78. The molecule has 17 heavy (non-hydrogen) atoms. The van der Waals surface area contributed by atoms with E-state index in [4.69, 9.17) is 14.0 Å². The summed E-state index contributed by atoms with van der Waals surface area (Å²) in [6.45, 7) is 17.0. The molecule has 0 spiro atoms. The van der Waals surface area contributed by atoms with E-state index in [9.17, 15) is 4.79 Å². The molecule has 0 N–H and O–H groups in total. The molecule has 0 heterocycles. The molecule has 0 aromatic heterocycles. The first-order valence-corrected chi connectivity index (χ1v) is 3.78. The molecular weight excluding hydrogens is 268 g/mol. The summed E-state index contributed by atoms with van der Waals surface area (Å²) < 4.78 is 26.9. The van der Waals surface area contributed by atoms with Gasteiger partial charge in [0, 0.05) is 0 Å². The van der Waals surface area contributed by atoms with Crippen molar-refractivity contribution >= 4 is 5.97 Å². The van der Waals surface area contributed by atoms with Gasteiger partial charge in [0.05, 0.1) is 7.11 Å². The largest absolute Gasteiger partial charge is 2.00 e. The second kappa shape index (κ2) is 46.6. The van der Waals surface area contributed by atoms with Crippen LogP contribution in [0.25, 0.3) is 0 Å². The Morgan fingerprint density at radius 1 is 1.29 bits per heavy atom. The number of hydrogen-bond acceptors (Lipinski definition) is 2. The maximum atomic E-state index is 10.5. The van der Waals surface area contributed by atoms with Crippen LogP contribution in [0.1, 0.15) is 12.8 Å². The van der Waals surface area contributed by atoms with Gasteiger partial charge in [-0.05, 0) is 0 Å². The summed E-state index contributed by atoms with van der Waals surface area (Å²) in [5.74, 6) is -0.266. The van der Waals surface area contributed by atoms with Crippen molar-refractivity contribution in [2.45, 2.75) is 12.8 Å². The quantitative estimate of drug-likeness (QED) is 0.256. The van der Waals surface area contributed by atoms with Crippen LogP contribution in [0.5, 0.6) is 0 Å².